The lowest BCUT2D eigenvalue weighted by Crippen LogP contribution is -2.34. The van der Waals surface area contributed by atoms with E-state index in [4.69, 9.17) is 26.6 Å². The third-order valence-corrected chi connectivity index (χ3v) is 4.99. The molecule has 0 radical (unpaired) electrons. The third kappa shape index (κ3) is 4.01. The van der Waals surface area contributed by atoms with E-state index in [1.807, 2.05) is 30.4 Å². The highest BCUT2D eigenvalue weighted by Gasteiger charge is 2.26. The van der Waals surface area contributed by atoms with E-state index in [9.17, 15) is 0 Å². The normalized spacial score (nSPS) is 19.7. The van der Waals surface area contributed by atoms with Gasteiger partial charge in [-0.2, -0.15) is 4.89 Å². The number of fused-ring (bicyclic) bond motifs is 1. The van der Waals surface area contributed by atoms with Crippen molar-refractivity contribution < 1.29 is 15.0 Å². The zero-order valence-electron chi connectivity index (χ0n) is 15.0. The largest absolute Gasteiger partial charge is 0.411 e. The number of rotatable bonds is 6. The Morgan fingerprint density at radius 3 is 2.81 bits per heavy atom. The average Bonchev–Trinajstić information content (AvgIpc) is 2.66. The van der Waals surface area contributed by atoms with Crippen LogP contribution in [0.1, 0.15) is 31.4 Å². The summed E-state index contributed by atoms with van der Waals surface area (Å²) in [6, 6.07) is 5.55. The van der Waals surface area contributed by atoms with Crippen LogP contribution in [-0.2, 0) is 9.78 Å². The fraction of sp³-hybridized carbons (Fsp3) is 0.350. The lowest BCUT2D eigenvalue weighted by atomic mass is 9.89. The molecule has 0 fully saturated rings. The topological polar surface area (TPSA) is 54.3 Å². The Morgan fingerprint density at radius 1 is 1.27 bits per heavy atom. The van der Waals surface area contributed by atoms with Crippen LogP contribution in [0.5, 0.6) is 0 Å². The molecule has 0 amide bonds. The summed E-state index contributed by atoms with van der Waals surface area (Å²) in [5.74, 6) is 0.731. The minimum absolute atomic E-state index is 0.105. The molecule has 1 aliphatic heterocycles. The van der Waals surface area contributed by atoms with Crippen LogP contribution in [-0.4, -0.2) is 42.1 Å². The first-order chi connectivity index (χ1) is 12.7. The molecule has 26 heavy (non-hydrogen) atoms. The maximum Gasteiger partial charge on any atom is 0.168 e. The van der Waals surface area contributed by atoms with E-state index in [-0.39, 0.29) is 6.10 Å². The molecule has 1 aromatic rings. The highest BCUT2D eigenvalue weighted by atomic mass is 35.5. The summed E-state index contributed by atoms with van der Waals surface area (Å²) in [6.07, 6.45) is 7.96. The van der Waals surface area contributed by atoms with E-state index in [1.165, 1.54) is 6.21 Å². The van der Waals surface area contributed by atoms with Crippen molar-refractivity contribution >= 4 is 23.4 Å². The van der Waals surface area contributed by atoms with Gasteiger partial charge in [-0.05, 0) is 36.9 Å². The first kappa shape index (κ1) is 18.7. The van der Waals surface area contributed by atoms with E-state index in [2.05, 4.69) is 30.0 Å². The van der Waals surface area contributed by atoms with Gasteiger partial charge in [-0.25, -0.2) is 0 Å². The Kier molecular flexibility index (Phi) is 6.14. The van der Waals surface area contributed by atoms with Crippen molar-refractivity contribution in [3.8, 4) is 0 Å². The number of allylic oxidation sites excluding steroid dienone is 4. The Morgan fingerprint density at radius 2 is 2.08 bits per heavy atom. The highest BCUT2D eigenvalue weighted by Crippen LogP contribution is 2.38. The smallest absolute Gasteiger partial charge is 0.168 e. The zero-order chi connectivity index (χ0) is 18.5. The molecule has 0 aromatic heterocycles. The molecular weight excluding hydrogens is 352 g/mol. The maximum absolute atomic E-state index is 8.93. The molecule has 138 valence electrons. The second-order valence-corrected chi connectivity index (χ2v) is 6.65. The van der Waals surface area contributed by atoms with Gasteiger partial charge in [-0.3, -0.25) is 0 Å². The van der Waals surface area contributed by atoms with Crippen molar-refractivity contribution in [3.05, 3.63) is 63.9 Å². The number of likely N-dealkylation sites (N-methyl/N-ethyl adjacent to an activating group) is 1. The Balaban J connectivity index is 1.87. The van der Waals surface area contributed by atoms with Crippen LogP contribution in [0.4, 0.5) is 0 Å². The predicted molar refractivity (Wildman–Crippen MR) is 103 cm³/mol. The molecule has 1 heterocycles. The van der Waals surface area contributed by atoms with Crippen LogP contribution in [0.2, 0.25) is 5.02 Å². The zero-order valence-corrected chi connectivity index (χ0v) is 15.7. The number of hydrogen-bond acceptors (Lipinski definition) is 5. The fourth-order valence-corrected chi connectivity index (χ4v) is 3.57. The lowest BCUT2D eigenvalue weighted by Gasteiger charge is -2.29. The molecule has 1 atom stereocenters. The molecule has 0 saturated heterocycles. The van der Waals surface area contributed by atoms with Crippen LogP contribution >= 0.6 is 11.6 Å². The van der Waals surface area contributed by atoms with Crippen molar-refractivity contribution in [3.63, 3.8) is 0 Å². The van der Waals surface area contributed by atoms with E-state index in [0.717, 1.165) is 47.7 Å². The van der Waals surface area contributed by atoms with Crippen molar-refractivity contribution in [2.45, 2.75) is 26.4 Å². The minimum Gasteiger partial charge on any atom is -0.411 e. The van der Waals surface area contributed by atoms with Crippen LogP contribution in [0.25, 0.3) is 5.57 Å². The number of nitrogens with zero attached hydrogens (tertiary/aromatic N) is 2. The highest BCUT2D eigenvalue weighted by molar-refractivity contribution is 6.33. The van der Waals surface area contributed by atoms with Crippen LogP contribution in [0, 0.1) is 0 Å². The van der Waals surface area contributed by atoms with Crippen molar-refractivity contribution in [2.75, 3.05) is 19.6 Å². The number of benzene rings is 1. The number of oxime groups is 1. The average molecular weight is 375 g/mol. The van der Waals surface area contributed by atoms with Crippen molar-refractivity contribution in [2.24, 2.45) is 5.16 Å². The molecule has 6 heteroatoms. The first-order valence-corrected chi connectivity index (χ1v) is 9.18. The molecule has 1 aliphatic carbocycles. The van der Waals surface area contributed by atoms with Crippen LogP contribution < -0.4 is 0 Å². The van der Waals surface area contributed by atoms with Gasteiger partial charge in [0, 0.05) is 34.7 Å². The van der Waals surface area contributed by atoms with Gasteiger partial charge in [-0.15, -0.1) is 0 Å². The summed E-state index contributed by atoms with van der Waals surface area (Å²) >= 11 is 6.42. The second-order valence-electron chi connectivity index (χ2n) is 6.24. The van der Waals surface area contributed by atoms with Crippen molar-refractivity contribution in [1.29, 1.82) is 0 Å². The first-order valence-electron chi connectivity index (χ1n) is 8.80. The molecule has 5 nitrogen and oxygen atoms in total. The van der Waals surface area contributed by atoms with Gasteiger partial charge in [0.25, 0.3) is 0 Å². The molecule has 2 aliphatic rings. The standard InChI is InChI=1S/C20H23ClN2O3/c1-3-23(4-2)13-17-11-16-10-14(8-9-19(16)26-25-17)20-15(12-22-24)6-5-7-18(20)21/h5-9,11-12,17,24H,3-4,10,13H2,1-2H3. The third-order valence-electron chi connectivity index (χ3n) is 4.68. The molecule has 1 N–H and O–H groups in total. The maximum atomic E-state index is 8.93. The number of hydrogen-bond donors (Lipinski definition) is 1. The minimum atomic E-state index is -0.105. The van der Waals surface area contributed by atoms with E-state index < -0.39 is 0 Å². The molecule has 0 saturated carbocycles. The predicted octanol–water partition coefficient (Wildman–Crippen LogP) is 4.42. The second kappa shape index (κ2) is 8.54. The molecule has 0 bridgehead atoms. The van der Waals surface area contributed by atoms with E-state index >= 15 is 0 Å². The summed E-state index contributed by atoms with van der Waals surface area (Å²) in [6.45, 7) is 6.99. The summed E-state index contributed by atoms with van der Waals surface area (Å²) in [5.41, 5.74) is 3.77. The van der Waals surface area contributed by atoms with Gasteiger partial charge >= 0.3 is 0 Å². The quantitative estimate of drug-likeness (QED) is 0.346. The van der Waals surface area contributed by atoms with E-state index in [1.54, 1.807) is 0 Å². The Bertz CT molecular complexity index is 779. The van der Waals surface area contributed by atoms with Gasteiger partial charge in [0.2, 0.25) is 0 Å². The van der Waals surface area contributed by atoms with Gasteiger partial charge in [0.15, 0.2) is 5.76 Å². The summed E-state index contributed by atoms with van der Waals surface area (Å²) in [4.78, 5) is 13.3. The van der Waals surface area contributed by atoms with Gasteiger partial charge in [-0.1, -0.05) is 48.8 Å². The van der Waals surface area contributed by atoms with Gasteiger partial charge < -0.3 is 15.0 Å². The molecule has 3 rings (SSSR count). The van der Waals surface area contributed by atoms with Crippen molar-refractivity contribution in [1.82, 2.24) is 4.90 Å². The van der Waals surface area contributed by atoms with Crippen LogP contribution in [0.3, 0.4) is 0 Å². The van der Waals surface area contributed by atoms with Crippen LogP contribution in [0.15, 0.2) is 52.9 Å². The van der Waals surface area contributed by atoms with Gasteiger partial charge in [0.1, 0.15) is 6.10 Å². The SMILES string of the molecule is CCN(CC)CC1C=C2CC(c3c(Cl)cccc3C=NO)=CC=C2OO1. The number of halogens is 1. The lowest BCUT2D eigenvalue weighted by molar-refractivity contribution is -0.289. The Hall–Kier alpha value is -2.08. The summed E-state index contributed by atoms with van der Waals surface area (Å²) in [7, 11) is 0. The Labute approximate surface area is 158 Å². The monoisotopic (exact) mass is 374 g/mol. The molecule has 0 spiro atoms. The summed E-state index contributed by atoms with van der Waals surface area (Å²) in [5, 5.41) is 12.7. The molecular formula is C20H23ClN2O3. The summed E-state index contributed by atoms with van der Waals surface area (Å²) < 4.78 is 0. The molecule has 1 aromatic carbocycles. The molecule has 1 unspecified atom stereocenters. The van der Waals surface area contributed by atoms with Gasteiger partial charge in [0.05, 0.1) is 6.21 Å². The fourth-order valence-electron chi connectivity index (χ4n) is 3.26. The van der Waals surface area contributed by atoms with E-state index in [0.29, 0.717) is 11.4 Å².